The maximum absolute atomic E-state index is 11.1. The van der Waals surface area contributed by atoms with Crippen LogP contribution in [0.4, 0.5) is 11.4 Å². The van der Waals surface area contributed by atoms with Gasteiger partial charge in [0.2, 0.25) is 5.91 Å². The van der Waals surface area contributed by atoms with E-state index in [1.54, 1.807) is 0 Å². The lowest BCUT2D eigenvalue weighted by atomic mass is 10.1. The molecule has 10 heteroatoms. The minimum Gasteiger partial charge on any atom is -0.455 e. The summed E-state index contributed by atoms with van der Waals surface area (Å²) < 4.78 is 5.37. The normalized spacial score (nSPS) is 10.7. The summed E-state index contributed by atoms with van der Waals surface area (Å²) in [6.07, 6.45) is 1.22. The Kier molecular flexibility index (Phi) is 4.45. The second kappa shape index (κ2) is 6.47. The van der Waals surface area contributed by atoms with Crippen LogP contribution in [0.15, 0.2) is 39.9 Å². The smallest absolute Gasteiger partial charge is 0.287 e. The molecule has 0 bridgehead atoms. The van der Waals surface area contributed by atoms with Crippen molar-refractivity contribution in [2.75, 3.05) is 0 Å². The van der Waals surface area contributed by atoms with Gasteiger partial charge in [-0.2, -0.15) is 5.10 Å². The third-order valence-electron chi connectivity index (χ3n) is 2.69. The van der Waals surface area contributed by atoms with Gasteiger partial charge in [-0.3, -0.25) is 25.0 Å². The molecule has 0 aliphatic carbocycles. The summed E-state index contributed by atoms with van der Waals surface area (Å²) in [5.41, 5.74) is 1.44. The molecule has 0 radical (unpaired) electrons. The van der Waals surface area contributed by atoms with Gasteiger partial charge < -0.3 is 4.42 Å². The summed E-state index contributed by atoms with van der Waals surface area (Å²) in [5, 5.41) is 25.4. The Morgan fingerprint density at radius 1 is 1.22 bits per heavy atom. The van der Waals surface area contributed by atoms with Crippen molar-refractivity contribution in [1.82, 2.24) is 5.43 Å². The van der Waals surface area contributed by atoms with Gasteiger partial charge in [-0.05, 0) is 18.2 Å². The second-order valence-electron chi connectivity index (χ2n) is 4.34. The third kappa shape index (κ3) is 3.75. The Morgan fingerprint density at radius 3 is 2.57 bits per heavy atom. The Balaban J connectivity index is 2.37. The summed E-state index contributed by atoms with van der Waals surface area (Å²) in [7, 11) is 0. The molecule has 10 nitrogen and oxygen atoms in total. The number of nitrogens with one attached hydrogen (secondary N) is 1. The molecule has 0 atom stereocenters. The van der Waals surface area contributed by atoms with E-state index in [0.29, 0.717) is 0 Å². The van der Waals surface area contributed by atoms with Gasteiger partial charge >= 0.3 is 0 Å². The predicted octanol–water partition coefficient (Wildman–Crippen LogP) is 2.23. The van der Waals surface area contributed by atoms with Crippen molar-refractivity contribution >= 4 is 23.5 Å². The molecule has 1 amide bonds. The van der Waals surface area contributed by atoms with Crippen LogP contribution >= 0.6 is 0 Å². The molecule has 0 unspecified atom stereocenters. The summed E-state index contributed by atoms with van der Waals surface area (Å²) in [6, 6.07) is 6.21. The number of hydrogen-bond acceptors (Lipinski definition) is 7. The van der Waals surface area contributed by atoms with E-state index in [1.807, 2.05) is 0 Å². The number of hydrogen-bond donors (Lipinski definition) is 1. The van der Waals surface area contributed by atoms with Crippen LogP contribution in [0.5, 0.6) is 0 Å². The quantitative estimate of drug-likeness (QED) is 0.509. The van der Waals surface area contributed by atoms with E-state index in [4.69, 9.17) is 4.42 Å². The van der Waals surface area contributed by atoms with Crippen molar-refractivity contribution in [2.24, 2.45) is 5.10 Å². The van der Waals surface area contributed by atoms with Gasteiger partial charge in [-0.25, -0.2) is 5.43 Å². The Hall–Kier alpha value is -3.56. The molecule has 1 N–H and O–H groups in total. The zero-order valence-electron chi connectivity index (χ0n) is 11.8. The lowest BCUT2D eigenvalue weighted by Gasteiger charge is -1.99. The Morgan fingerprint density at radius 2 is 1.96 bits per heavy atom. The number of non-ortho nitro benzene ring substituents is 1. The summed E-state index contributed by atoms with van der Waals surface area (Å²) in [5.74, 6) is 0.0383. The number of carbonyl (C=O) groups excluding carboxylic acids is 1. The van der Waals surface area contributed by atoms with Crippen molar-refractivity contribution in [3.8, 4) is 11.3 Å². The number of amides is 1. The second-order valence-corrected chi connectivity index (χ2v) is 4.34. The molecule has 2 aromatic rings. The van der Waals surface area contributed by atoms with Crippen LogP contribution in [-0.2, 0) is 4.79 Å². The molecule has 0 spiro atoms. The standard InChI is InChI=1S/C13H10N4O6/c1-8(18)15-14-7-10-3-5-13(23-10)11-4-2-9(16(19)20)6-12(11)17(21)22/h2-7H,1H3,(H,15,18)/b14-7+. The van der Waals surface area contributed by atoms with Crippen LogP contribution in [0.3, 0.4) is 0 Å². The molecule has 118 valence electrons. The van der Waals surface area contributed by atoms with E-state index in [-0.39, 0.29) is 28.7 Å². The molecule has 0 aliphatic rings. The van der Waals surface area contributed by atoms with Crippen LogP contribution in [0, 0.1) is 20.2 Å². The average Bonchev–Trinajstić information content (AvgIpc) is 2.94. The Bertz CT molecular complexity index is 811. The van der Waals surface area contributed by atoms with Gasteiger partial charge in [0, 0.05) is 13.0 Å². The van der Waals surface area contributed by atoms with Crippen LogP contribution < -0.4 is 5.43 Å². The highest BCUT2D eigenvalue weighted by molar-refractivity contribution is 5.81. The largest absolute Gasteiger partial charge is 0.455 e. The highest BCUT2D eigenvalue weighted by Crippen LogP contribution is 2.33. The molecule has 0 aliphatic heterocycles. The fourth-order valence-electron chi connectivity index (χ4n) is 1.75. The molecule has 1 aromatic heterocycles. The number of hydrazone groups is 1. The highest BCUT2D eigenvalue weighted by Gasteiger charge is 2.22. The fourth-order valence-corrected chi connectivity index (χ4v) is 1.75. The highest BCUT2D eigenvalue weighted by atomic mass is 16.6. The number of nitrogens with zero attached hydrogens (tertiary/aromatic N) is 3. The number of carbonyl (C=O) groups is 1. The minimum absolute atomic E-state index is 0.0970. The first-order valence-corrected chi connectivity index (χ1v) is 6.21. The number of furan rings is 1. The predicted molar refractivity (Wildman–Crippen MR) is 78.9 cm³/mol. The lowest BCUT2D eigenvalue weighted by molar-refractivity contribution is -0.393. The maximum Gasteiger partial charge on any atom is 0.287 e. The summed E-state index contributed by atoms with van der Waals surface area (Å²) >= 11 is 0. The van der Waals surface area contributed by atoms with E-state index in [1.165, 1.54) is 31.3 Å². The number of benzene rings is 1. The van der Waals surface area contributed by atoms with E-state index >= 15 is 0 Å². The molecule has 0 saturated carbocycles. The molecule has 23 heavy (non-hydrogen) atoms. The van der Waals surface area contributed by atoms with Crippen molar-refractivity contribution in [3.63, 3.8) is 0 Å². The molecule has 1 aromatic carbocycles. The van der Waals surface area contributed by atoms with Crippen LogP contribution in [0.2, 0.25) is 0 Å². The number of nitro benzene ring substituents is 2. The van der Waals surface area contributed by atoms with Gasteiger partial charge in [-0.1, -0.05) is 0 Å². The van der Waals surface area contributed by atoms with Crippen LogP contribution in [-0.4, -0.2) is 22.0 Å². The first kappa shape index (κ1) is 15.8. The number of nitro groups is 2. The van der Waals surface area contributed by atoms with E-state index in [0.717, 1.165) is 12.1 Å². The fraction of sp³-hybridized carbons (Fsp3) is 0.0769. The zero-order valence-corrected chi connectivity index (χ0v) is 11.8. The molecule has 2 rings (SSSR count). The van der Waals surface area contributed by atoms with Crippen molar-refractivity contribution in [3.05, 3.63) is 56.3 Å². The first-order valence-electron chi connectivity index (χ1n) is 6.21. The van der Waals surface area contributed by atoms with E-state index < -0.39 is 15.5 Å². The molecule has 0 fully saturated rings. The monoisotopic (exact) mass is 318 g/mol. The zero-order chi connectivity index (χ0) is 17.0. The van der Waals surface area contributed by atoms with E-state index in [2.05, 4.69) is 10.5 Å². The third-order valence-corrected chi connectivity index (χ3v) is 2.69. The number of rotatable bonds is 5. The van der Waals surface area contributed by atoms with Gasteiger partial charge in [0.25, 0.3) is 11.4 Å². The maximum atomic E-state index is 11.1. The SMILES string of the molecule is CC(=O)N/N=C/c1ccc(-c2ccc([N+](=O)[O-])cc2[N+](=O)[O-])o1. The van der Waals surface area contributed by atoms with Gasteiger partial charge in [0.1, 0.15) is 11.5 Å². The van der Waals surface area contributed by atoms with Crippen LogP contribution in [0.25, 0.3) is 11.3 Å². The van der Waals surface area contributed by atoms with Gasteiger partial charge in [0.05, 0.1) is 27.7 Å². The van der Waals surface area contributed by atoms with Crippen molar-refractivity contribution < 1.29 is 19.1 Å². The minimum atomic E-state index is -0.726. The molecular formula is C13H10N4O6. The van der Waals surface area contributed by atoms with Crippen molar-refractivity contribution in [1.29, 1.82) is 0 Å². The first-order chi connectivity index (χ1) is 10.9. The molecule has 0 saturated heterocycles. The van der Waals surface area contributed by atoms with E-state index in [9.17, 15) is 25.0 Å². The van der Waals surface area contributed by atoms with Gasteiger partial charge in [0.15, 0.2) is 0 Å². The lowest BCUT2D eigenvalue weighted by Crippen LogP contribution is -2.12. The van der Waals surface area contributed by atoms with Crippen LogP contribution in [0.1, 0.15) is 12.7 Å². The molecular weight excluding hydrogens is 308 g/mol. The average molecular weight is 318 g/mol. The molecule has 1 heterocycles. The topological polar surface area (TPSA) is 141 Å². The van der Waals surface area contributed by atoms with Crippen molar-refractivity contribution in [2.45, 2.75) is 6.92 Å². The van der Waals surface area contributed by atoms with Gasteiger partial charge in [-0.15, -0.1) is 0 Å². The summed E-state index contributed by atoms with van der Waals surface area (Å²) in [4.78, 5) is 31.0. The summed E-state index contributed by atoms with van der Waals surface area (Å²) in [6.45, 7) is 1.28. The Labute approximate surface area is 128 Å².